The van der Waals surface area contributed by atoms with E-state index in [9.17, 15) is 13.2 Å². The van der Waals surface area contributed by atoms with E-state index in [0.29, 0.717) is 30.2 Å². The van der Waals surface area contributed by atoms with Gasteiger partial charge in [0.2, 0.25) is 10.0 Å². The van der Waals surface area contributed by atoms with Crippen LogP contribution in [0.1, 0.15) is 41.6 Å². The molecule has 1 fully saturated rings. The lowest BCUT2D eigenvalue weighted by atomic mass is 10.1. The van der Waals surface area contributed by atoms with Crippen molar-refractivity contribution >= 4 is 27.5 Å². The number of nitrogens with zero attached hydrogens (tertiary/aromatic N) is 2. The molecular weight excluding hydrogens is 396 g/mol. The third kappa shape index (κ3) is 4.74. The Labute approximate surface area is 172 Å². The summed E-state index contributed by atoms with van der Waals surface area (Å²) in [7, 11) is -1.91. The van der Waals surface area contributed by atoms with Crippen molar-refractivity contribution in [3.63, 3.8) is 0 Å². The summed E-state index contributed by atoms with van der Waals surface area (Å²) in [6.45, 7) is 1.42. The van der Waals surface area contributed by atoms with Crippen molar-refractivity contribution in [1.82, 2.24) is 9.21 Å². The predicted octanol–water partition coefficient (Wildman–Crippen LogP) is 4.18. The van der Waals surface area contributed by atoms with Gasteiger partial charge in [0.05, 0.1) is 4.90 Å². The van der Waals surface area contributed by atoms with Gasteiger partial charge in [0, 0.05) is 37.3 Å². The van der Waals surface area contributed by atoms with Gasteiger partial charge in [0.15, 0.2) is 0 Å². The van der Waals surface area contributed by atoms with E-state index in [4.69, 9.17) is 11.6 Å². The lowest BCUT2D eigenvalue weighted by molar-refractivity contribution is 0.0785. The Hall–Kier alpha value is -1.89. The number of benzene rings is 2. The van der Waals surface area contributed by atoms with Gasteiger partial charge in [-0.05, 0) is 42.7 Å². The van der Waals surface area contributed by atoms with Crippen LogP contribution in [-0.2, 0) is 16.6 Å². The van der Waals surface area contributed by atoms with Gasteiger partial charge in [0.1, 0.15) is 0 Å². The Balaban J connectivity index is 1.80. The highest BCUT2D eigenvalue weighted by atomic mass is 35.5. The molecule has 2 aromatic carbocycles. The molecular formula is C21H25ClN2O3S. The Morgan fingerprint density at radius 2 is 1.71 bits per heavy atom. The van der Waals surface area contributed by atoms with E-state index in [-0.39, 0.29) is 10.8 Å². The molecule has 0 aliphatic carbocycles. The summed E-state index contributed by atoms with van der Waals surface area (Å²) in [5.74, 6) is -0.243. The molecule has 150 valence electrons. The quantitative estimate of drug-likeness (QED) is 0.729. The molecule has 1 saturated heterocycles. The number of hydrogen-bond donors (Lipinski definition) is 0. The van der Waals surface area contributed by atoms with Crippen LogP contribution in [0.4, 0.5) is 0 Å². The van der Waals surface area contributed by atoms with E-state index in [1.54, 1.807) is 36.2 Å². The first-order valence-electron chi connectivity index (χ1n) is 9.48. The molecule has 28 heavy (non-hydrogen) atoms. The molecule has 3 rings (SSSR count). The van der Waals surface area contributed by atoms with E-state index >= 15 is 0 Å². The molecule has 0 unspecified atom stereocenters. The average Bonchev–Trinajstić information content (AvgIpc) is 2.99. The van der Waals surface area contributed by atoms with Crippen molar-refractivity contribution in [2.75, 3.05) is 20.1 Å². The maximum atomic E-state index is 13.0. The van der Waals surface area contributed by atoms with E-state index in [0.717, 1.165) is 31.2 Å². The molecule has 7 heteroatoms. The molecule has 1 heterocycles. The van der Waals surface area contributed by atoms with Gasteiger partial charge in [-0.1, -0.05) is 48.7 Å². The number of halogens is 1. The third-order valence-electron chi connectivity index (χ3n) is 5.00. The molecule has 0 bridgehead atoms. The molecule has 0 aromatic heterocycles. The second-order valence-corrected chi connectivity index (χ2v) is 9.44. The summed E-state index contributed by atoms with van der Waals surface area (Å²) >= 11 is 6.18. The van der Waals surface area contributed by atoms with Gasteiger partial charge in [-0.3, -0.25) is 4.79 Å². The van der Waals surface area contributed by atoms with Crippen molar-refractivity contribution in [3.05, 3.63) is 64.7 Å². The minimum absolute atomic E-state index is 0.173. The maximum absolute atomic E-state index is 13.0. The number of carbonyl (C=O) groups is 1. The zero-order chi connectivity index (χ0) is 20.1. The summed E-state index contributed by atoms with van der Waals surface area (Å²) in [5, 5.41) is 0.597. The Morgan fingerprint density at radius 3 is 2.39 bits per heavy atom. The fourth-order valence-corrected chi connectivity index (χ4v) is 5.15. The van der Waals surface area contributed by atoms with Crippen LogP contribution in [0.25, 0.3) is 0 Å². The molecule has 1 aliphatic rings. The van der Waals surface area contributed by atoms with Crippen LogP contribution in [0.15, 0.2) is 53.4 Å². The van der Waals surface area contributed by atoms with Crippen LogP contribution in [0.2, 0.25) is 5.02 Å². The van der Waals surface area contributed by atoms with Crippen LogP contribution in [0.5, 0.6) is 0 Å². The zero-order valence-electron chi connectivity index (χ0n) is 16.0. The predicted molar refractivity (Wildman–Crippen MR) is 111 cm³/mol. The maximum Gasteiger partial charge on any atom is 0.253 e. The Kier molecular flexibility index (Phi) is 6.75. The number of carbonyl (C=O) groups excluding carboxylic acids is 1. The number of rotatable bonds is 5. The van der Waals surface area contributed by atoms with Crippen LogP contribution < -0.4 is 0 Å². The van der Waals surface area contributed by atoms with Crippen molar-refractivity contribution in [3.8, 4) is 0 Å². The molecule has 0 spiro atoms. The van der Waals surface area contributed by atoms with E-state index in [1.165, 1.54) is 10.4 Å². The topological polar surface area (TPSA) is 57.7 Å². The van der Waals surface area contributed by atoms with Gasteiger partial charge >= 0.3 is 0 Å². The monoisotopic (exact) mass is 420 g/mol. The molecule has 1 amide bonds. The van der Waals surface area contributed by atoms with E-state index in [2.05, 4.69) is 0 Å². The fourth-order valence-electron chi connectivity index (χ4n) is 3.40. The number of sulfonamides is 1. The van der Waals surface area contributed by atoms with Crippen LogP contribution >= 0.6 is 11.6 Å². The molecule has 0 radical (unpaired) electrons. The van der Waals surface area contributed by atoms with Crippen molar-refractivity contribution < 1.29 is 13.2 Å². The van der Waals surface area contributed by atoms with E-state index in [1.807, 2.05) is 18.2 Å². The highest BCUT2D eigenvalue weighted by molar-refractivity contribution is 7.89. The number of hydrogen-bond acceptors (Lipinski definition) is 3. The van der Waals surface area contributed by atoms with Crippen LogP contribution in [0, 0.1) is 0 Å². The second-order valence-electron chi connectivity index (χ2n) is 7.10. The molecule has 0 saturated carbocycles. The highest BCUT2D eigenvalue weighted by Crippen LogP contribution is 2.22. The fraction of sp³-hybridized carbons (Fsp3) is 0.381. The van der Waals surface area contributed by atoms with E-state index < -0.39 is 10.0 Å². The van der Waals surface area contributed by atoms with Crippen molar-refractivity contribution in [1.29, 1.82) is 0 Å². The van der Waals surface area contributed by atoms with Gasteiger partial charge in [0.25, 0.3) is 5.91 Å². The smallest absolute Gasteiger partial charge is 0.253 e. The lowest BCUT2D eigenvalue weighted by Crippen LogP contribution is -2.32. The summed E-state index contributed by atoms with van der Waals surface area (Å²) in [6.07, 6.45) is 3.85. The minimum Gasteiger partial charge on any atom is -0.337 e. The molecule has 5 nitrogen and oxygen atoms in total. The van der Waals surface area contributed by atoms with Gasteiger partial charge in [-0.15, -0.1) is 0 Å². The van der Waals surface area contributed by atoms with Crippen LogP contribution in [0.3, 0.4) is 0 Å². The SMILES string of the molecule is CN(Cc1ccccc1Cl)C(=O)c1cccc(S(=O)(=O)N2CCCCCC2)c1. The minimum atomic E-state index is -3.59. The normalized spacial score (nSPS) is 15.8. The summed E-state index contributed by atoms with van der Waals surface area (Å²) in [5.41, 5.74) is 1.19. The lowest BCUT2D eigenvalue weighted by Gasteiger charge is -2.21. The molecule has 0 N–H and O–H groups in total. The molecule has 1 aliphatic heterocycles. The molecule has 2 aromatic rings. The highest BCUT2D eigenvalue weighted by Gasteiger charge is 2.26. The van der Waals surface area contributed by atoms with Gasteiger partial charge < -0.3 is 4.90 Å². The third-order valence-corrected chi connectivity index (χ3v) is 7.26. The van der Waals surface area contributed by atoms with Crippen molar-refractivity contribution in [2.45, 2.75) is 37.1 Å². The first kappa shape index (κ1) is 20.8. The summed E-state index contributed by atoms with van der Waals surface area (Å²) in [6, 6.07) is 13.7. The average molecular weight is 421 g/mol. The first-order valence-corrected chi connectivity index (χ1v) is 11.3. The summed E-state index contributed by atoms with van der Waals surface area (Å²) < 4.78 is 27.5. The largest absolute Gasteiger partial charge is 0.337 e. The van der Waals surface area contributed by atoms with Crippen LogP contribution in [-0.4, -0.2) is 43.7 Å². The standard InChI is InChI=1S/C21H25ClN2O3S/c1-23(16-18-9-4-5-12-20(18)22)21(25)17-10-8-11-19(15-17)28(26,27)24-13-6-2-3-7-14-24/h4-5,8-12,15H,2-3,6-7,13-14,16H2,1H3. The second kappa shape index (κ2) is 9.07. The Morgan fingerprint density at radius 1 is 1.04 bits per heavy atom. The van der Waals surface area contributed by atoms with Gasteiger partial charge in [-0.25, -0.2) is 8.42 Å². The zero-order valence-corrected chi connectivity index (χ0v) is 17.5. The molecule has 0 atom stereocenters. The Bertz CT molecular complexity index is 938. The first-order chi connectivity index (χ1) is 13.4. The summed E-state index contributed by atoms with van der Waals surface area (Å²) in [4.78, 5) is 14.6. The van der Waals surface area contributed by atoms with Crippen molar-refractivity contribution in [2.24, 2.45) is 0 Å². The van der Waals surface area contributed by atoms with Gasteiger partial charge in [-0.2, -0.15) is 4.31 Å². The number of amides is 1.